The lowest BCUT2D eigenvalue weighted by Gasteiger charge is -2.41. The first-order chi connectivity index (χ1) is 17.6. The average Bonchev–Trinajstić information content (AvgIpc) is 2.87. The molecular formula is C29H45F5O3. The van der Waals surface area contributed by atoms with Gasteiger partial charge in [-0.15, -0.1) is 13.2 Å². The molecule has 3 nitrogen and oxygen atoms in total. The van der Waals surface area contributed by atoms with Crippen molar-refractivity contribution < 1.29 is 36.2 Å². The van der Waals surface area contributed by atoms with E-state index in [1.165, 1.54) is 64.2 Å². The fraction of sp³-hybridized carbons (Fsp3) is 0.931. The van der Waals surface area contributed by atoms with E-state index >= 15 is 0 Å². The number of hydrogen-bond acceptors (Lipinski definition) is 3. The van der Waals surface area contributed by atoms with E-state index < -0.39 is 18.4 Å². The Morgan fingerprint density at radius 1 is 0.676 bits per heavy atom. The molecule has 4 aliphatic rings. The van der Waals surface area contributed by atoms with Crippen LogP contribution in [-0.2, 0) is 14.2 Å². The molecule has 0 N–H and O–H groups in total. The molecule has 0 atom stereocenters. The van der Waals surface area contributed by atoms with Crippen LogP contribution in [0.15, 0.2) is 12.2 Å². The van der Waals surface area contributed by atoms with E-state index in [-0.39, 0.29) is 25.0 Å². The Balaban J connectivity index is 1.12. The Labute approximate surface area is 218 Å². The zero-order valence-electron chi connectivity index (χ0n) is 22.2. The van der Waals surface area contributed by atoms with Gasteiger partial charge in [0.15, 0.2) is 6.29 Å². The molecule has 1 heterocycles. The predicted molar refractivity (Wildman–Crippen MR) is 132 cm³/mol. The molecule has 4 rings (SSSR count). The molecule has 3 saturated carbocycles. The largest absolute Gasteiger partial charge is 0.527 e. The molecule has 0 spiro atoms. The van der Waals surface area contributed by atoms with Gasteiger partial charge < -0.3 is 9.47 Å². The predicted octanol–water partition coefficient (Wildman–Crippen LogP) is 8.88. The van der Waals surface area contributed by atoms with E-state index in [9.17, 15) is 22.0 Å². The number of rotatable bonds is 8. The first-order valence-corrected chi connectivity index (χ1v) is 14.7. The highest BCUT2D eigenvalue weighted by atomic mass is 19.4. The smallest absolute Gasteiger partial charge is 0.352 e. The summed E-state index contributed by atoms with van der Waals surface area (Å²) in [4.78, 5) is 0. The van der Waals surface area contributed by atoms with Gasteiger partial charge in [-0.1, -0.05) is 25.5 Å². The molecule has 37 heavy (non-hydrogen) atoms. The van der Waals surface area contributed by atoms with Gasteiger partial charge in [-0.3, -0.25) is 0 Å². The third-order valence-electron chi connectivity index (χ3n) is 9.53. The fourth-order valence-electron chi connectivity index (χ4n) is 7.30. The summed E-state index contributed by atoms with van der Waals surface area (Å²) in [7, 11) is 0. The zero-order chi connectivity index (χ0) is 26.5. The molecule has 214 valence electrons. The number of hydrogen-bond donors (Lipinski definition) is 0. The molecule has 0 aromatic carbocycles. The first kappa shape index (κ1) is 29.3. The SMILES string of the molecule is CCCC1COC(C2CCC(C3CCC(C=CC4CCC(C(F)(F)OC(F)(F)F)CC4)CC3)CC2)OC1. The highest BCUT2D eigenvalue weighted by Crippen LogP contribution is 2.45. The van der Waals surface area contributed by atoms with E-state index in [0.717, 1.165) is 25.0 Å². The third-order valence-corrected chi connectivity index (χ3v) is 9.53. The lowest BCUT2D eigenvalue weighted by molar-refractivity contribution is -0.438. The van der Waals surface area contributed by atoms with Crippen molar-refractivity contribution in [3.05, 3.63) is 12.2 Å². The van der Waals surface area contributed by atoms with E-state index in [0.29, 0.717) is 30.6 Å². The number of halogens is 5. The molecule has 0 radical (unpaired) electrons. The summed E-state index contributed by atoms with van der Waals surface area (Å²) in [5.74, 6) is 2.02. The van der Waals surface area contributed by atoms with Gasteiger partial charge in [0.1, 0.15) is 0 Å². The summed E-state index contributed by atoms with van der Waals surface area (Å²) in [6.45, 7) is 3.89. The van der Waals surface area contributed by atoms with E-state index in [1.54, 1.807) is 0 Å². The number of allylic oxidation sites excluding steroid dienone is 2. The standard InChI is InChI=1S/C29H45F5O3/c1-2-3-22-18-35-27(36-19-22)25-14-12-24(13-15-25)23-10-6-20(7-11-23)4-5-21-8-16-26(17-9-21)28(30,31)37-29(32,33)34/h4-5,20-27H,2-3,6-19H2,1H3. The van der Waals surface area contributed by atoms with Crippen molar-refractivity contribution in [1.29, 1.82) is 0 Å². The quantitative estimate of drug-likeness (QED) is 0.229. The van der Waals surface area contributed by atoms with Crippen LogP contribution in [0.3, 0.4) is 0 Å². The first-order valence-electron chi connectivity index (χ1n) is 14.7. The van der Waals surface area contributed by atoms with Gasteiger partial charge in [-0.25, -0.2) is 4.74 Å². The average molecular weight is 537 g/mol. The topological polar surface area (TPSA) is 27.7 Å². The van der Waals surface area contributed by atoms with Crippen LogP contribution in [0.25, 0.3) is 0 Å². The van der Waals surface area contributed by atoms with Gasteiger partial charge in [-0.05, 0) is 107 Å². The van der Waals surface area contributed by atoms with Gasteiger partial charge >= 0.3 is 12.5 Å². The molecule has 1 aliphatic heterocycles. The van der Waals surface area contributed by atoms with Crippen LogP contribution in [0.1, 0.15) is 96.8 Å². The second-order valence-electron chi connectivity index (χ2n) is 12.1. The van der Waals surface area contributed by atoms with Crippen molar-refractivity contribution in [2.45, 2.75) is 116 Å². The monoisotopic (exact) mass is 536 g/mol. The maximum atomic E-state index is 13.8. The van der Waals surface area contributed by atoms with Crippen LogP contribution in [-0.4, -0.2) is 32.0 Å². The van der Waals surface area contributed by atoms with Gasteiger partial charge in [-0.2, -0.15) is 8.78 Å². The van der Waals surface area contributed by atoms with Crippen molar-refractivity contribution in [3.8, 4) is 0 Å². The normalized spacial score (nSPS) is 38.6. The van der Waals surface area contributed by atoms with E-state index in [2.05, 4.69) is 23.8 Å². The van der Waals surface area contributed by atoms with Gasteiger partial charge in [0, 0.05) is 11.8 Å². The second kappa shape index (κ2) is 13.1. The minimum atomic E-state index is -5.31. The summed E-state index contributed by atoms with van der Waals surface area (Å²) in [6.07, 6.45) is 8.15. The summed E-state index contributed by atoms with van der Waals surface area (Å²) < 4.78 is 79.6. The van der Waals surface area contributed by atoms with Crippen LogP contribution in [0.5, 0.6) is 0 Å². The molecular weight excluding hydrogens is 491 g/mol. The lowest BCUT2D eigenvalue weighted by Crippen LogP contribution is -2.39. The second-order valence-corrected chi connectivity index (χ2v) is 12.1. The Bertz CT molecular complexity index is 695. The molecule has 0 unspecified atom stereocenters. The van der Waals surface area contributed by atoms with Crippen molar-refractivity contribution in [2.24, 2.45) is 41.4 Å². The van der Waals surface area contributed by atoms with Crippen LogP contribution in [0.2, 0.25) is 0 Å². The minimum Gasteiger partial charge on any atom is -0.352 e. The van der Waals surface area contributed by atoms with Crippen LogP contribution in [0, 0.1) is 41.4 Å². The molecule has 0 aromatic heterocycles. The zero-order valence-corrected chi connectivity index (χ0v) is 22.2. The van der Waals surface area contributed by atoms with E-state index in [1.807, 2.05) is 0 Å². The summed E-state index contributed by atoms with van der Waals surface area (Å²) in [6, 6.07) is 0. The molecule has 0 amide bonds. The maximum Gasteiger partial charge on any atom is 0.527 e. The summed E-state index contributed by atoms with van der Waals surface area (Å²) in [5, 5.41) is 0. The Morgan fingerprint density at radius 3 is 1.62 bits per heavy atom. The summed E-state index contributed by atoms with van der Waals surface area (Å²) >= 11 is 0. The van der Waals surface area contributed by atoms with Gasteiger partial charge in [0.25, 0.3) is 0 Å². The molecule has 4 fully saturated rings. The Hall–Kier alpha value is -0.730. The van der Waals surface area contributed by atoms with Crippen LogP contribution >= 0.6 is 0 Å². The fourth-order valence-corrected chi connectivity index (χ4v) is 7.30. The molecule has 0 aromatic rings. The number of ether oxygens (including phenoxy) is 3. The minimum absolute atomic E-state index is 0.00612. The summed E-state index contributed by atoms with van der Waals surface area (Å²) in [5.41, 5.74) is 0. The molecule has 3 aliphatic carbocycles. The van der Waals surface area contributed by atoms with Crippen molar-refractivity contribution in [3.63, 3.8) is 0 Å². The third kappa shape index (κ3) is 8.63. The van der Waals surface area contributed by atoms with Gasteiger partial charge in [0.05, 0.1) is 19.1 Å². The lowest BCUT2D eigenvalue weighted by atomic mass is 9.69. The highest BCUT2D eigenvalue weighted by molar-refractivity contribution is 4.97. The Kier molecular flexibility index (Phi) is 10.3. The van der Waals surface area contributed by atoms with Crippen molar-refractivity contribution >= 4 is 0 Å². The van der Waals surface area contributed by atoms with Crippen LogP contribution in [0.4, 0.5) is 22.0 Å². The number of alkyl halides is 5. The highest BCUT2D eigenvalue weighted by Gasteiger charge is 2.50. The Morgan fingerprint density at radius 2 is 1.14 bits per heavy atom. The van der Waals surface area contributed by atoms with Crippen molar-refractivity contribution in [2.75, 3.05) is 13.2 Å². The van der Waals surface area contributed by atoms with Crippen molar-refractivity contribution in [1.82, 2.24) is 0 Å². The van der Waals surface area contributed by atoms with Gasteiger partial charge in [0.2, 0.25) is 0 Å². The maximum absolute atomic E-state index is 13.8. The van der Waals surface area contributed by atoms with E-state index in [4.69, 9.17) is 9.47 Å². The molecule has 8 heteroatoms. The van der Waals surface area contributed by atoms with Crippen LogP contribution < -0.4 is 0 Å². The molecule has 0 bridgehead atoms. The molecule has 1 saturated heterocycles.